The molecule has 1 aromatic carbocycles. The summed E-state index contributed by atoms with van der Waals surface area (Å²) in [5, 5.41) is 1.54. The molecule has 0 spiro atoms. The number of aromatic nitrogens is 1. The molecule has 0 bridgehead atoms. The number of rotatable bonds is 0. The van der Waals surface area contributed by atoms with Crippen molar-refractivity contribution >= 4 is 37.7 Å². The van der Waals surface area contributed by atoms with Gasteiger partial charge in [-0.15, -0.1) is 0 Å². The maximum atomic E-state index is 11.9. The molecule has 0 saturated carbocycles. The van der Waals surface area contributed by atoms with E-state index in [-0.39, 0.29) is 5.63 Å². The number of hydrogen-bond donors (Lipinski definition) is 0. The molecule has 4 heteroatoms. The highest BCUT2D eigenvalue weighted by Crippen LogP contribution is 2.25. The second-order valence-electron chi connectivity index (χ2n) is 4.30. The van der Waals surface area contributed by atoms with Crippen molar-refractivity contribution in [3.8, 4) is 0 Å². The predicted octanol–water partition coefficient (Wildman–Crippen LogP) is 3.72. The van der Waals surface area contributed by atoms with E-state index >= 15 is 0 Å². The Morgan fingerprint density at radius 2 is 1.94 bits per heavy atom. The molecule has 0 atom stereocenters. The van der Waals surface area contributed by atoms with E-state index in [4.69, 9.17) is 4.42 Å². The fourth-order valence-electron chi connectivity index (χ4n) is 2.21. The first-order valence-corrected chi connectivity index (χ1v) is 6.36. The third kappa shape index (κ3) is 1.64. The van der Waals surface area contributed by atoms with Gasteiger partial charge < -0.3 is 4.42 Å². The maximum absolute atomic E-state index is 11.9. The van der Waals surface area contributed by atoms with Gasteiger partial charge in [-0.2, -0.15) is 0 Å². The Hall–Kier alpha value is -1.68. The molecule has 0 saturated heterocycles. The minimum atomic E-state index is -0.320. The molecule has 2 heterocycles. The van der Waals surface area contributed by atoms with Crippen molar-refractivity contribution in [2.75, 3.05) is 0 Å². The first-order chi connectivity index (χ1) is 8.56. The van der Waals surface area contributed by atoms with E-state index in [1.807, 2.05) is 25.1 Å². The quantitative estimate of drug-likeness (QED) is 0.594. The van der Waals surface area contributed by atoms with Crippen molar-refractivity contribution in [3.63, 3.8) is 0 Å². The van der Waals surface area contributed by atoms with E-state index in [9.17, 15) is 4.79 Å². The molecule has 0 radical (unpaired) electrons. The van der Waals surface area contributed by atoms with E-state index in [0.29, 0.717) is 16.7 Å². The number of hydrogen-bond acceptors (Lipinski definition) is 3. The van der Waals surface area contributed by atoms with Gasteiger partial charge in [-0.05, 0) is 31.5 Å². The van der Waals surface area contributed by atoms with Crippen LogP contribution in [0.4, 0.5) is 0 Å². The lowest BCUT2D eigenvalue weighted by molar-refractivity contribution is 0.488. The van der Waals surface area contributed by atoms with E-state index in [2.05, 4.69) is 20.9 Å². The molecule has 0 amide bonds. The van der Waals surface area contributed by atoms with Crippen LogP contribution in [-0.2, 0) is 0 Å². The molecular weight excluding hydrogens is 294 g/mol. The van der Waals surface area contributed by atoms with E-state index in [1.54, 1.807) is 13.0 Å². The standard InChI is InChI=1S/C14H10BrNO2/c1-7-5-12-13(14(17)18-7)8(2)10-4-3-9(15)6-11(10)16-12/h3-6H,1-2H3. The Bertz CT molecular complexity index is 836. The van der Waals surface area contributed by atoms with Crippen LogP contribution in [0, 0.1) is 13.8 Å². The van der Waals surface area contributed by atoms with E-state index < -0.39 is 0 Å². The summed E-state index contributed by atoms with van der Waals surface area (Å²) in [5.41, 5.74) is 2.15. The van der Waals surface area contributed by atoms with Crippen LogP contribution in [0.25, 0.3) is 21.8 Å². The first-order valence-electron chi connectivity index (χ1n) is 5.56. The van der Waals surface area contributed by atoms with Gasteiger partial charge in [0.15, 0.2) is 0 Å². The average Bonchev–Trinajstić information content (AvgIpc) is 2.27. The molecule has 3 rings (SSSR count). The van der Waals surface area contributed by atoms with Crippen molar-refractivity contribution in [2.24, 2.45) is 0 Å². The highest BCUT2D eigenvalue weighted by molar-refractivity contribution is 9.10. The number of benzene rings is 1. The Morgan fingerprint density at radius 1 is 1.17 bits per heavy atom. The summed E-state index contributed by atoms with van der Waals surface area (Å²) in [6.07, 6.45) is 0. The molecule has 90 valence electrons. The lowest BCUT2D eigenvalue weighted by atomic mass is 10.1. The molecule has 3 nitrogen and oxygen atoms in total. The third-order valence-corrected chi connectivity index (χ3v) is 3.53. The smallest absolute Gasteiger partial charge is 0.345 e. The van der Waals surface area contributed by atoms with Crippen LogP contribution in [0.15, 0.2) is 37.9 Å². The monoisotopic (exact) mass is 303 g/mol. The Labute approximate surface area is 112 Å². The molecule has 0 N–H and O–H groups in total. The molecule has 18 heavy (non-hydrogen) atoms. The summed E-state index contributed by atoms with van der Waals surface area (Å²) in [4.78, 5) is 16.4. The molecule has 3 aromatic rings. The highest BCUT2D eigenvalue weighted by atomic mass is 79.9. The second kappa shape index (κ2) is 3.92. The average molecular weight is 304 g/mol. The van der Waals surface area contributed by atoms with Crippen molar-refractivity contribution < 1.29 is 4.42 Å². The Balaban J connectivity index is 2.60. The zero-order valence-corrected chi connectivity index (χ0v) is 11.5. The van der Waals surface area contributed by atoms with Gasteiger partial charge >= 0.3 is 5.63 Å². The second-order valence-corrected chi connectivity index (χ2v) is 5.22. The van der Waals surface area contributed by atoms with Crippen LogP contribution in [0.1, 0.15) is 11.3 Å². The number of aryl methyl sites for hydroxylation is 2. The molecule has 0 aliphatic heterocycles. The topological polar surface area (TPSA) is 43.1 Å². The zero-order chi connectivity index (χ0) is 12.9. The Kier molecular flexibility index (Phi) is 2.48. The fourth-order valence-corrected chi connectivity index (χ4v) is 2.56. The summed E-state index contributed by atoms with van der Waals surface area (Å²) in [6.45, 7) is 3.68. The van der Waals surface area contributed by atoms with Gasteiger partial charge in [-0.25, -0.2) is 9.78 Å². The van der Waals surface area contributed by atoms with Crippen LogP contribution in [0.3, 0.4) is 0 Å². The number of nitrogens with zero attached hydrogens (tertiary/aromatic N) is 1. The lowest BCUT2D eigenvalue weighted by Gasteiger charge is -2.06. The summed E-state index contributed by atoms with van der Waals surface area (Å²) in [6, 6.07) is 7.65. The number of pyridine rings is 1. The summed E-state index contributed by atoms with van der Waals surface area (Å²) in [5.74, 6) is 0.578. The molecule has 0 aliphatic rings. The molecular formula is C14H10BrNO2. The third-order valence-electron chi connectivity index (χ3n) is 3.03. The normalized spacial score (nSPS) is 11.3. The highest BCUT2D eigenvalue weighted by Gasteiger charge is 2.10. The molecule has 0 fully saturated rings. The zero-order valence-electron chi connectivity index (χ0n) is 9.95. The first kappa shape index (κ1) is 11.4. The molecule has 0 unspecified atom stereocenters. The predicted molar refractivity (Wildman–Crippen MR) is 75.0 cm³/mol. The van der Waals surface area contributed by atoms with Crippen molar-refractivity contribution in [1.29, 1.82) is 0 Å². The number of halogens is 1. The fraction of sp³-hybridized carbons (Fsp3) is 0.143. The van der Waals surface area contributed by atoms with Crippen LogP contribution in [0.5, 0.6) is 0 Å². The summed E-state index contributed by atoms with van der Waals surface area (Å²) in [7, 11) is 0. The largest absolute Gasteiger partial charge is 0.428 e. The van der Waals surface area contributed by atoms with Crippen LogP contribution < -0.4 is 5.63 Å². The Morgan fingerprint density at radius 3 is 2.72 bits per heavy atom. The lowest BCUT2D eigenvalue weighted by Crippen LogP contribution is -2.04. The van der Waals surface area contributed by atoms with Gasteiger partial charge in [0.2, 0.25) is 0 Å². The van der Waals surface area contributed by atoms with Crippen LogP contribution >= 0.6 is 15.9 Å². The van der Waals surface area contributed by atoms with Crippen LogP contribution in [-0.4, -0.2) is 4.98 Å². The van der Waals surface area contributed by atoms with Gasteiger partial charge in [-0.3, -0.25) is 0 Å². The summed E-state index contributed by atoms with van der Waals surface area (Å²) >= 11 is 3.43. The van der Waals surface area contributed by atoms with E-state index in [0.717, 1.165) is 20.9 Å². The molecule has 2 aromatic heterocycles. The van der Waals surface area contributed by atoms with Gasteiger partial charge in [0.05, 0.1) is 16.4 Å². The minimum Gasteiger partial charge on any atom is -0.428 e. The van der Waals surface area contributed by atoms with Crippen molar-refractivity contribution in [2.45, 2.75) is 13.8 Å². The van der Waals surface area contributed by atoms with Crippen LogP contribution in [0.2, 0.25) is 0 Å². The SMILES string of the molecule is Cc1cc2nc3cc(Br)ccc3c(C)c2c(=O)o1. The van der Waals surface area contributed by atoms with Gasteiger partial charge in [0, 0.05) is 15.9 Å². The van der Waals surface area contributed by atoms with Gasteiger partial charge in [-0.1, -0.05) is 22.0 Å². The minimum absolute atomic E-state index is 0.320. The van der Waals surface area contributed by atoms with E-state index in [1.165, 1.54) is 0 Å². The number of fused-ring (bicyclic) bond motifs is 2. The maximum Gasteiger partial charge on any atom is 0.345 e. The van der Waals surface area contributed by atoms with Crippen molar-refractivity contribution in [1.82, 2.24) is 4.98 Å². The molecule has 0 aliphatic carbocycles. The summed E-state index contributed by atoms with van der Waals surface area (Å²) < 4.78 is 6.11. The van der Waals surface area contributed by atoms with Gasteiger partial charge in [0.25, 0.3) is 0 Å². The van der Waals surface area contributed by atoms with Gasteiger partial charge in [0.1, 0.15) is 5.76 Å². The van der Waals surface area contributed by atoms with Crippen molar-refractivity contribution in [3.05, 3.63) is 50.5 Å².